The predicted octanol–water partition coefficient (Wildman–Crippen LogP) is 2.52. The first-order valence-corrected chi connectivity index (χ1v) is 7.03. The molecule has 0 aliphatic carbocycles. The summed E-state index contributed by atoms with van der Waals surface area (Å²) in [6.07, 6.45) is 0.760. The van der Waals surface area contributed by atoms with Crippen molar-refractivity contribution in [1.29, 1.82) is 0 Å². The fourth-order valence-electron chi connectivity index (χ4n) is 1.99. The van der Waals surface area contributed by atoms with Gasteiger partial charge in [0.15, 0.2) is 0 Å². The van der Waals surface area contributed by atoms with Crippen LogP contribution in [0.5, 0.6) is 0 Å². The van der Waals surface area contributed by atoms with Crippen LogP contribution in [0.4, 0.5) is 4.79 Å². The van der Waals surface area contributed by atoms with Gasteiger partial charge in [-0.15, -0.1) is 0 Å². The molecule has 0 aromatic heterocycles. The number of nitrogens with zero attached hydrogens (tertiary/aromatic N) is 2. The average Bonchev–Trinajstić information content (AvgIpc) is 2.24. The molecule has 0 saturated heterocycles. The van der Waals surface area contributed by atoms with Gasteiger partial charge in [0.05, 0.1) is 0 Å². The number of hydrogen-bond acceptors (Lipinski definition) is 2. The van der Waals surface area contributed by atoms with E-state index in [4.69, 9.17) is 5.11 Å². The number of hydrogen-bond donors (Lipinski definition) is 1. The number of carbonyl (C=O) groups is 2. The summed E-state index contributed by atoms with van der Waals surface area (Å²) in [5.74, 6) is -0.220. The molecule has 0 saturated carbocycles. The van der Waals surface area contributed by atoms with Gasteiger partial charge in [0.1, 0.15) is 6.54 Å². The minimum absolute atomic E-state index is 0.161. The number of carbonyl (C=O) groups excluding carboxylic acids is 1. The molecule has 0 spiro atoms. The molecule has 5 nitrogen and oxygen atoms in total. The van der Waals surface area contributed by atoms with E-state index >= 15 is 0 Å². The van der Waals surface area contributed by atoms with E-state index in [1.54, 1.807) is 4.90 Å². The monoisotopic (exact) mass is 272 g/mol. The zero-order valence-corrected chi connectivity index (χ0v) is 12.8. The van der Waals surface area contributed by atoms with Crippen molar-refractivity contribution in [3.63, 3.8) is 0 Å². The first kappa shape index (κ1) is 17.7. The Morgan fingerprint density at radius 2 is 1.47 bits per heavy atom. The summed E-state index contributed by atoms with van der Waals surface area (Å²) in [7, 11) is 0. The van der Waals surface area contributed by atoms with Crippen LogP contribution in [0.2, 0.25) is 0 Å². The van der Waals surface area contributed by atoms with Gasteiger partial charge in [-0.2, -0.15) is 0 Å². The molecular weight excluding hydrogens is 244 g/mol. The lowest BCUT2D eigenvalue weighted by Gasteiger charge is -2.32. The number of carboxylic acid groups (broad SMARTS) is 1. The summed E-state index contributed by atoms with van der Waals surface area (Å²) in [5, 5.41) is 8.89. The van der Waals surface area contributed by atoms with Gasteiger partial charge in [0, 0.05) is 19.6 Å². The molecule has 0 aromatic carbocycles. The number of carboxylic acids is 1. The van der Waals surface area contributed by atoms with Crippen LogP contribution in [0.25, 0.3) is 0 Å². The summed E-state index contributed by atoms with van der Waals surface area (Å²) in [5.41, 5.74) is 0. The van der Waals surface area contributed by atoms with Gasteiger partial charge < -0.3 is 14.9 Å². The summed E-state index contributed by atoms with van der Waals surface area (Å²) >= 11 is 0. The maximum atomic E-state index is 12.4. The lowest BCUT2D eigenvalue weighted by Crippen LogP contribution is -2.48. The topological polar surface area (TPSA) is 60.9 Å². The van der Waals surface area contributed by atoms with E-state index in [0.29, 0.717) is 31.5 Å². The highest BCUT2D eigenvalue weighted by Crippen LogP contribution is 2.08. The van der Waals surface area contributed by atoms with Crippen molar-refractivity contribution in [2.75, 3.05) is 26.2 Å². The van der Waals surface area contributed by atoms with Crippen molar-refractivity contribution in [2.24, 2.45) is 11.8 Å². The van der Waals surface area contributed by atoms with E-state index in [-0.39, 0.29) is 12.6 Å². The Bertz CT molecular complexity index is 280. The predicted molar refractivity (Wildman–Crippen MR) is 76.1 cm³/mol. The summed E-state index contributed by atoms with van der Waals surface area (Å²) in [6.45, 7) is 11.8. The maximum Gasteiger partial charge on any atom is 0.323 e. The summed E-state index contributed by atoms with van der Waals surface area (Å²) in [6, 6.07) is -0.161. The van der Waals surface area contributed by atoms with E-state index in [9.17, 15) is 9.59 Å². The number of aliphatic carboxylic acids is 1. The quantitative estimate of drug-likeness (QED) is 0.738. The largest absolute Gasteiger partial charge is 0.480 e. The van der Waals surface area contributed by atoms with Crippen molar-refractivity contribution in [1.82, 2.24) is 9.80 Å². The van der Waals surface area contributed by atoms with Gasteiger partial charge >= 0.3 is 12.0 Å². The lowest BCUT2D eigenvalue weighted by molar-refractivity contribution is -0.137. The molecule has 112 valence electrons. The highest BCUT2D eigenvalue weighted by molar-refractivity contribution is 5.80. The average molecular weight is 272 g/mol. The smallest absolute Gasteiger partial charge is 0.323 e. The number of amides is 2. The first-order chi connectivity index (χ1) is 8.77. The van der Waals surface area contributed by atoms with Gasteiger partial charge in [-0.3, -0.25) is 4.79 Å². The lowest BCUT2D eigenvalue weighted by atomic mass is 10.1. The molecule has 2 amide bonds. The number of rotatable bonds is 8. The van der Waals surface area contributed by atoms with Crippen LogP contribution < -0.4 is 0 Å². The van der Waals surface area contributed by atoms with Gasteiger partial charge in [-0.25, -0.2) is 4.79 Å². The van der Waals surface area contributed by atoms with Gasteiger partial charge in [-0.1, -0.05) is 34.6 Å². The molecule has 0 unspecified atom stereocenters. The second-order valence-electron chi connectivity index (χ2n) is 5.79. The van der Waals surface area contributed by atoms with Crippen LogP contribution in [0.1, 0.15) is 41.0 Å². The Hall–Kier alpha value is -1.26. The molecule has 0 radical (unpaired) electrons. The SMILES string of the molecule is CCCN(CC(=O)O)C(=O)N(CC(C)C)CC(C)C. The molecule has 0 aromatic rings. The Morgan fingerprint density at radius 3 is 1.79 bits per heavy atom. The molecule has 19 heavy (non-hydrogen) atoms. The Labute approximate surface area is 116 Å². The highest BCUT2D eigenvalue weighted by atomic mass is 16.4. The molecule has 0 atom stereocenters. The standard InChI is InChI=1S/C14H28N2O3/c1-6-7-15(10-13(17)18)14(19)16(8-11(2)3)9-12(4)5/h11-12H,6-10H2,1-5H3,(H,17,18). The van der Waals surface area contributed by atoms with Crippen LogP contribution in [0, 0.1) is 11.8 Å². The van der Waals surface area contributed by atoms with Crippen LogP contribution in [-0.4, -0.2) is 53.1 Å². The second-order valence-corrected chi connectivity index (χ2v) is 5.79. The van der Waals surface area contributed by atoms with Crippen molar-refractivity contribution in [3.8, 4) is 0 Å². The zero-order chi connectivity index (χ0) is 15.0. The van der Waals surface area contributed by atoms with Gasteiger partial charge in [-0.05, 0) is 18.3 Å². The van der Waals surface area contributed by atoms with Gasteiger partial charge in [0.25, 0.3) is 0 Å². The summed E-state index contributed by atoms with van der Waals surface area (Å²) < 4.78 is 0. The molecule has 0 aliphatic rings. The molecule has 0 aliphatic heterocycles. The fraction of sp³-hybridized carbons (Fsp3) is 0.857. The third-order valence-electron chi connectivity index (χ3n) is 2.53. The normalized spacial score (nSPS) is 10.9. The van der Waals surface area contributed by atoms with E-state index < -0.39 is 5.97 Å². The molecule has 0 rings (SSSR count). The Morgan fingerprint density at radius 1 is 1.00 bits per heavy atom. The van der Waals surface area contributed by atoms with E-state index in [1.165, 1.54) is 4.90 Å². The van der Waals surface area contributed by atoms with Crippen molar-refractivity contribution in [2.45, 2.75) is 41.0 Å². The van der Waals surface area contributed by atoms with Crippen LogP contribution in [-0.2, 0) is 4.79 Å². The third kappa shape index (κ3) is 7.70. The van der Waals surface area contributed by atoms with Crippen LogP contribution in [0.3, 0.4) is 0 Å². The van der Waals surface area contributed by atoms with Crippen LogP contribution >= 0.6 is 0 Å². The molecule has 0 heterocycles. The summed E-state index contributed by atoms with van der Waals surface area (Å²) in [4.78, 5) is 26.5. The van der Waals surface area contributed by atoms with Gasteiger partial charge in [0.2, 0.25) is 0 Å². The Balaban J connectivity index is 4.83. The maximum absolute atomic E-state index is 12.4. The minimum Gasteiger partial charge on any atom is -0.480 e. The Kier molecular flexibility index (Phi) is 8.19. The molecule has 1 N–H and O–H groups in total. The first-order valence-electron chi connectivity index (χ1n) is 7.03. The van der Waals surface area contributed by atoms with E-state index in [1.807, 2.05) is 6.92 Å². The van der Waals surface area contributed by atoms with Crippen molar-refractivity contribution in [3.05, 3.63) is 0 Å². The van der Waals surface area contributed by atoms with E-state index in [2.05, 4.69) is 27.7 Å². The second kappa shape index (κ2) is 8.77. The zero-order valence-electron chi connectivity index (χ0n) is 12.8. The third-order valence-corrected chi connectivity index (χ3v) is 2.53. The molecule has 0 bridgehead atoms. The van der Waals surface area contributed by atoms with E-state index in [0.717, 1.165) is 6.42 Å². The fourth-order valence-corrected chi connectivity index (χ4v) is 1.99. The van der Waals surface area contributed by atoms with Crippen molar-refractivity contribution < 1.29 is 14.7 Å². The van der Waals surface area contributed by atoms with Crippen molar-refractivity contribution >= 4 is 12.0 Å². The highest BCUT2D eigenvalue weighted by Gasteiger charge is 2.23. The molecule has 5 heteroatoms. The van der Waals surface area contributed by atoms with Crippen LogP contribution in [0.15, 0.2) is 0 Å². The number of urea groups is 1. The minimum atomic E-state index is -0.962. The molecule has 0 fully saturated rings. The molecular formula is C14H28N2O3.